The lowest BCUT2D eigenvalue weighted by molar-refractivity contribution is 0.0592. The van der Waals surface area contributed by atoms with Gasteiger partial charge in [0.05, 0.1) is 0 Å². The second-order valence-corrected chi connectivity index (χ2v) is 4.57. The summed E-state index contributed by atoms with van der Waals surface area (Å²) >= 11 is 2.08. The molecule has 0 heterocycles. The Labute approximate surface area is 95.6 Å². The summed E-state index contributed by atoms with van der Waals surface area (Å²) in [6, 6.07) is 3.24. The SMILES string of the molecule is Cc1cc(C)c(C(=O)C(F)(F)Br)cc1C. The number of hydrogen-bond donors (Lipinski definition) is 0. The van der Waals surface area contributed by atoms with E-state index in [1.54, 1.807) is 19.9 Å². The van der Waals surface area contributed by atoms with Crippen molar-refractivity contribution in [1.82, 2.24) is 0 Å². The number of carbonyl (C=O) groups excluding carboxylic acids is 1. The summed E-state index contributed by atoms with van der Waals surface area (Å²) < 4.78 is 25.6. The molecule has 1 nitrogen and oxygen atoms in total. The van der Waals surface area contributed by atoms with Gasteiger partial charge in [0.1, 0.15) is 0 Å². The fraction of sp³-hybridized carbons (Fsp3) is 0.364. The Morgan fingerprint density at radius 3 is 2.07 bits per heavy atom. The molecule has 0 aliphatic heterocycles. The molecule has 0 atom stereocenters. The number of hydrogen-bond acceptors (Lipinski definition) is 1. The van der Waals surface area contributed by atoms with Crippen LogP contribution in [0.4, 0.5) is 8.78 Å². The van der Waals surface area contributed by atoms with Crippen molar-refractivity contribution in [3.05, 3.63) is 34.4 Å². The summed E-state index contributed by atoms with van der Waals surface area (Å²) in [5, 5.41) is 0. The van der Waals surface area contributed by atoms with E-state index in [0.717, 1.165) is 11.1 Å². The highest BCUT2D eigenvalue weighted by atomic mass is 79.9. The predicted octanol–water partition coefficient (Wildman–Crippen LogP) is 3.78. The van der Waals surface area contributed by atoms with Crippen molar-refractivity contribution >= 4 is 21.7 Å². The monoisotopic (exact) mass is 276 g/mol. The van der Waals surface area contributed by atoms with Crippen molar-refractivity contribution in [3.8, 4) is 0 Å². The first-order chi connectivity index (χ1) is 6.73. The van der Waals surface area contributed by atoms with Crippen molar-refractivity contribution in [2.24, 2.45) is 0 Å². The van der Waals surface area contributed by atoms with Crippen molar-refractivity contribution in [1.29, 1.82) is 0 Å². The number of ketones is 1. The van der Waals surface area contributed by atoms with Gasteiger partial charge in [-0.25, -0.2) is 0 Å². The standard InChI is InChI=1S/C11H11BrF2O/c1-6-4-8(3)9(5-7(6)2)10(15)11(12,13)14/h4-5H,1-3H3. The molecule has 82 valence electrons. The van der Waals surface area contributed by atoms with Gasteiger partial charge >= 0.3 is 4.83 Å². The zero-order valence-electron chi connectivity index (χ0n) is 8.70. The molecule has 4 heteroatoms. The molecule has 0 spiro atoms. The highest BCUT2D eigenvalue weighted by Gasteiger charge is 2.36. The normalized spacial score (nSPS) is 11.6. The van der Waals surface area contributed by atoms with Gasteiger partial charge in [-0.3, -0.25) is 4.79 Å². The van der Waals surface area contributed by atoms with Gasteiger partial charge in [-0.1, -0.05) is 6.07 Å². The van der Waals surface area contributed by atoms with Crippen molar-refractivity contribution in [3.63, 3.8) is 0 Å². The van der Waals surface area contributed by atoms with Crippen LogP contribution in [-0.4, -0.2) is 10.6 Å². The summed E-state index contributed by atoms with van der Waals surface area (Å²) in [6.07, 6.45) is 0. The molecule has 0 bridgehead atoms. The van der Waals surface area contributed by atoms with E-state index in [1.165, 1.54) is 6.07 Å². The van der Waals surface area contributed by atoms with Crippen LogP contribution in [0.15, 0.2) is 12.1 Å². The fourth-order valence-corrected chi connectivity index (χ4v) is 1.57. The Hall–Kier alpha value is -0.770. The predicted molar refractivity (Wildman–Crippen MR) is 58.9 cm³/mol. The van der Waals surface area contributed by atoms with E-state index in [9.17, 15) is 13.6 Å². The maximum Gasteiger partial charge on any atom is 0.363 e. The molecule has 0 saturated heterocycles. The average Bonchev–Trinajstić information content (AvgIpc) is 2.08. The van der Waals surface area contributed by atoms with E-state index in [1.807, 2.05) is 6.92 Å². The van der Waals surface area contributed by atoms with Gasteiger partial charge in [0.2, 0.25) is 5.78 Å². The lowest BCUT2D eigenvalue weighted by Crippen LogP contribution is -2.22. The molecule has 0 unspecified atom stereocenters. The number of alkyl halides is 3. The summed E-state index contributed by atoms with van der Waals surface area (Å²) in [6.45, 7) is 5.32. The molecule has 0 radical (unpaired) electrons. The van der Waals surface area contributed by atoms with Crippen LogP contribution in [-0.2, 0) is 0 Å². The molecule has 1 aromatic carbocycles. The van der Waals surface area contributed by atoms with Crippen LogP contribution in [0.5, 0.6) is 0 Å². The minimum absolute atomic E-state index is 0.0694. The molecule has 0 saturated carbocycles. The highest BCUT2D eigenvalue weighted by molar-refractivity contribution is 9.10. The summed E-state index contributed by atoms with van der Waals surface area (Å²) in [4.78, 5) is 7.87. The topological polar surface area (TPSA) is 17.1 Å². The smallest absolute Gasteiger partial charge is 0.286 e. The quantitative estimate of drug-likeness (QED) is 0.594. The summed E-state index contributed by atoms with van der Waals surface area (Å²) in [5.41, 5.74) is 2.46. The zero-order valence-corrected chi connectivity index (χ0v) is 10.3. The van der Waals surface area contributed by atoms with Crippen molar-refractivity contribution < 1.29 is 13.6 Å². The van der Waals surface area contributed by atoms with Gasteiger partial charge in [-0.05, 0) is 59.5 Å². The Balaban J connectivity index is 3.28. The molecule has 0 amide bonds. The molecule has 15 heavy (non-hydrogen) atoms. The third kappa shape index (κ3) is 2.62. The number of benzene rings is 1. The van der Waals surface area contributed by atoms with Gasteiger partial charge in [-0.2, -0.15) is 8.78 Å². The van der Waals surface area contributed by atoms with Gasteiger partial charge in [0, 0.05) is 5.56 Å². The van der Waals surface area contributed by atoms with Crippen LogP contribution < -0.4 is 0 Å². The van der Waals surface area contributed by atoms with Crippen LogP contribution in [0, 0.1) is 20.8 Å². The Morgan fingerprint density at radius 1 is 1.13 bits per heavy atom. The number of rotatable bonds is 2. The maximum absolute atomic E-state index is 12.8. The van der Waals surface area contributed by atoms with E-state index in [-0.39, 0.29) is 5.56 Å². The van der Waals surface area contributed by atoms with Crippen LogP contribution in [0.25, 0.3) is 0 Å². The van der Waals surface area contributed by atoms with Crippen LogP contribution in [0.3, 0.4) is 0 Å². The van der Waals surface area contributed by atoms with E-state index in [4.69, 9.17) is 0 Å². The minimum atomic E-state index is -3.49. The largest absolute Gasteiger partial charge is 0.363 e. The number of halogens is 3. The Bertz CT molecular complexity index is 408. The van der Waals surface area contributed by atoms with E-state index in [2.05, 4.69) is 15.9 Å². The molecule has 0 aliphatic carbocycles. The summed E-state index contributed by atoms with van der Waals surface area (Å²) in [7, 11) is 0. The first kappa shape index (κ1) is 12.3. The number of carbonyl (C=O) groups is 1. The van der Waals surface area contributed by atoms with Gasteiger partial charge in [0.15, 0.2) is 0 Å². The maximum atomic E-state index is 12.8. The third-order valence-corrected chi connectivity index (χ3v) is 2.70. The number of Topliss-reactive ketones (excluding diaryl/α,β-unsaturated/α-hetero) is 1. The molecule has 0 aromatic heterocycles. The second kappa shape index (κ2) is 4.00. The van der Waals surface area contributed by atoms with E-state index in [0.29, 0.717) is 5.56 Å². The lowest BCUT2D eigenvalue weighted by atomic mass is 9.98. The molecule has 0 fully saturated rings. The van der Waals surface area contributed by atoms with Gasteiger partial charge in [0.25, 0.3) is 0 Å². The average molecular weight is 277 g/mol. The summed E-state index contributed by atoms with van der Waals surface area (Å²) in [5.74, 6) is -1.19. The minimum Gasteiger partial charge on any atom is -0.286 e. The molecular formula is C11H11BrF2O. The zero-order chi connectivity index (χ0) is 11.8. The second-order valence-electron chi connectivity index (χ2n) is 3.58. The molecule has 1 aromatic rings. The Kier molecular flexibility index (Phi) is 3.28. The fourth-order valence-electron chi connectivity index (χ4n) is 1.36. The van der Waals surface area contributed by atoms with Crippen LogP contribution in [0.1, 0.15) is 27.0 Å². The molecule has 0 N–H and O–H groups in total. The first-order valence-electron chi connectivity index (χ1n) is 4.43. The van der Waals surface area contributed by atoms with E-state index >= 15 is 0 Å². The first-order valence-corrected chi connectivity index (χ1v) is 5.22. The van der Waals surface area contributed by atoms with Crippen molar-refractivity contribution in [2.75, 3.05) is 0 Å². The molecule has 0 aliphatic rings. The lowest BCUT2D eigenvalue weighted by Gasteiger charge is -2.11. The highest BCUT2D eigenvalue weighted by Crippen LogP contribution is 2.29. The van der Waals surface area contributed by atoms with Crippen LogP contribution in [0.2, 0.25) is 0 Å². The van der Waals surface area contributed by atoms with Crippen LogP contribution >= 0.6 is 15.9 Å². The molecule has 1 rings (SSSR count). The van der Waals surface area contributed by atoms with Gasteiger partial charge < -0.3 is 0 Å². The van der Waals surface area contributed by atoms with Crippen molar-refractivity contribution in [2.45, 2.75) is 25.6 Å². The van der Waals surface area contributed by atoms with E-state index < -0.39 is 10.6 Å². The van der Waals surface area contributed by atoms with Gasteiger partial charge in [-0.15, -0.1) is 0 Å². The number of aryl methyl sites for hydroxylation is 3. The Morgan fingerprint density at radius 2 is 1.60 bits per heavy atom. The third-order valence-electron chi connectivity index (χ3n) is 2.34. The molecular weight excluding hydrogens is 266 g/mol.